The molecule has 1 aliphatic carbocycles. The zero-order valence-corrected chi connectivity index (χ0v) is 16.8. The summed E-state index contributed by atoms with van der Waals surface area (Å²) in [5.74, 6) is 0.163. The number of rotatable bonds is 7. The predicted molar refractivity (Wildman–Crippen MR) is 109 cm³/mol. The molecule has 1 N–H and O–H groups in total. The van der Waals surface area contributed by atoms with Crippen LogP contribution in [-0.2, 0) is 28.9 Å². The third-order valence-corrected chi connectivity index (χ3v) is 7.15. The predicted octanol–water partition coefficient (Wildman–Crippen LogP) is 2.52. The number of hydrogen-bond donors (Lipinski definition) is 1. The number of nitrogens with one attached hydrogen (secondary N) is 1. The van der Waals surface area contributed by atoms with Crippen LogP contribution < -0.4 is 10.9 Å². The quantitative estimate of drug-likeness (QED) is 0.435. The number of nitrogens with zero attached hydrogens (tertiary/aromatic N) is 2. The Bertz CT molecular complexity index is 928. The first kappa shape index (κ1) is 18.7. The normalized spacial score (nSPS) is 18.7. The van der Waals surface area contributed by atoms with E-state index in [0.29, 0.717) is 18.2 Å². The van der Waals surface area contributed by atoms with Crippen LogP contribution in [0.15, 0.2) is 22.6 Å². The van der Waals surface area contributed by atoms with E-state index in [9.17, 15) is 9.59 Å². The molecule has 0 aromatic carbocycles. The molecule has 1 fully saturated rings. The number of carbonyl (C=O) groups excluding carboxylic acids is 1. The largest absolute Gasteiger partial charge is 0.376 e. The smallest absolute Gasteiger partial charge is 0.263 e. The third kappa shape index (κ3) is 3.83. The molecule has 27 heavy (non-hydrogen) atoms. The number of ether oxygens (including phenoxy) is 1. The van der Waals surface area contributed by atoms with Crippen LogP contribution in [0, 0.1) is 0 Å². The maximum absolute atomic E-state index is 13.1. The van der Waals surface area contributed by atoms with Crippen molar-refractivity contribution in [1.29, 1.82) is 0 Å². The summed E-state index contributed by atoms with van der Waals surface area (Å²) in [7, 11) is 0. The second kappa shape index (κ2) is 8.16. The fourth-order valence-corrected chi connectivity index (χ4v) is 5.81. The van der Waals surface area contributed by atoms with Crippen molar-refractivity contribution in [3.8, 4) is 0 Å². The molecule has 1 amide bonds. The standard InChI is InChI=1S/C19H23N3O3S2/c1-2-8-22-18(24)16-13-6-3-7-14(13)27-17(16)21-19(22)26-11-15(23)20-10-12-5-4-9-25-12/h2,12H,1,3-11H2,(H,20,23)/t12-/m0/s1. The molecule has 0 bridgehead atoms. The molecule has 0 spiro atoms. The van der Waals surface area contributed by atoms with Gasteiger partial charge in [-0.3, -0.25) is 14.2 Å². The molecule has 144 valence electrons. The van der Waals surface area contributed by atoms with E-state index in [1.807, 2.05) is 0 Å². The van der Waals surface area contributed by atoms with Gasteiger partial charge in [-0.05, 0) is 37.7 Å². The van der Waals surface area contributed by atoms with Crippen LogP contribution in [0.2, 0.25) is 0 Å². The molecule has 8 heteroatoms. The van der Waals surface area contributed by atoms with Gasteiger partial charge in [-0.15, -0.1) is 17.9 Å². The van der Waals surface area contributed by atoms with Crippen molar-refractivity contribution in [3.63, 3.8) is 0 Å². The summed E-state index contributed by atoms with van der Waals surface area (Å²) in [5.41, 5.74) is 1.16. The summed E-state index contributed by atoms with van der Waals surface area (Å²) in [6, 6.07) is 0. The van der Waals surface area contributed by atoms with E-state index in [4.69, 9.17) is 9.72 Å². The first-order valence-corrected chi connectivity index (χ1v) is 11.1. The fraction of sp³-hybridized carbons (Fsp3) is 0.526. The molecule has 2 aromatic heterocycles. The Morgan fingerprint density at radius 2 is 2.33 bits per heavy atom. The average molecular weight is 406 g/mol. The molecule has 1 saturated heterocycles. The van der Waals surface area contributed by atoms with Crippen LogP contribution in [0.3, 0.4) is 0 Å². The van der Waals surface area contributed by atoms with E-state index in [-0.39, 0.29) is 23.3 Å². The number of fused-ring (bicyclic) bond motifs is 3. The van der Waals surface area contributed by atoms with E-state index in [2.05, 4.69) is 11.9 Å². The summed E-state index contributed by atoms with van der Waals surface area (Å²) in [6.07, 6.45) is 6.97. The minimum Gasteiger partial charge on any atom is -0.376 e. The van der Waals surface area contributed by atoms with Crippen molar-refractivity contribution >= 4 is 39.2 Å². The molecule has 0 unspecified atom stereocenters. The summed E-state index contributed by atoms with van der Waals surface area (Å²) in [6.45, 7) is 5.48. The maximum atomic E-state index is 13.1. The summed E-state index contributed by atoms with van der Waals surface area (Å²) >= 11 is 2.93. The minimum atomic E-state index is -0.0660. The Balaban J connectivity index is 1.52. The minimum absolute atomic E-state index is 0.0124. The van der Waals surface area contributed by atoms with Crippen LogP contribution in [0.4, 0.5) is 0 Å². The highest BCUT2D eigenvalue weighted by Gasteiger charge is 2.23. The van der Waals surface area contributed by atoms with E-state index >= 15 is 0 Å². The van der Waals surface area contributed by atoms with Gasteiger partial charge in [-0.1, -0.05) is 17.8 Å². The molecular weight excluding hydrogens is 382 g/mol. The number of aromatic nitrogens is 2. The second-order valence-corrected chi connectivity index (χ2v) is 8.89. The van der Waals surface area contributed by atoms with Gasteiger partial charge < -0.3 is 10.1 Å². The van der Waals surface area contributed by atoms with Crippen molar-refractivity contribution < 1.29 is 9.53 Å². The molecule has 1 atom stereocenters. The molecule has 6 nitrogen and oxygen atoms in total. The van der Waals surface area contributed by atoms with Crippen LogP contribution >= 0.6 is 23.1 Å². The molecule has 0 saturated carbocycles. The van der Waals surface area contributed by atoms with Gasteiger partial charge in [0.1, 0.15) is 4.83 Å². The Hall–Kier alpha value is -1.64. The zero-order chi connectivity index (χ0) is 18.8. The van der Waals surface area contributed by atoms with Crippen molar-refractivity contribution in [2.45, 2.75) is 49.9 Å². The fourth-order valence-electron chi connectivity index (χ4n) is 3.67. The number of amides is 1. The van der Waals surface area contributed by atoms with Crippen LogP contribution in [0.1, 0.15) is 29.7 Å². The molecule has 2 aromatic rings. The molecule has 4 rings (SSSR count). The zero-order valence-electron chi connectivity index (χ0n) is 15.2. The van der Waals surface area contributed by atoms with E-state index < -0.39 is 0 Å². The van der Waals surface area contributed by atoms with Gasteiger partial charge in [-0.25, -0.2) is 4.98 Å². The number of aryl methyl sites for hydroxylation is 2. The van der Waals surface area contributed by atoms with Crippen molar-refractivity contribution in [2.75, 3.05) is 18.9 Å². The Kier molecular flexibility index (Phi) is 5.66. The lowest BCUT2D eigenvalue weighted by atomic mass is 10.2. The molecule has 0 radical (unpaired) electrons. The average Bonchev–Trinajstić information content (AvgIpc) is 3.37. The van der Waals surface area contributed by atoms with E-state index in [0.717, 1.165) is 48.9 Å². The number of hydrogen-bond acceptors (Lipinski definition) is 6. The van der Waals surface area contributed by atoms with Gasteiger partial charge in [0.05, 0.1) is 17.2 Å². The molecule has 3 heterocycles. The van der Waals surface area contributed by atoms with Crippen molar-refractivity contribution in [1.82, 2.24) is 14.9 Å². The summed E-state index contributed by atoms with van der Waals surface area (Å²) in [4.78, 5) is 32.0. The highest BCUT2D eigenvalue weighted by molar-refractivity contribution is 7.99. The monoisotopic (exact) mass is 405 g/mol. The van der Waals surface area contributed by atoms with E-state index in [1.54, 1.807) is 22.0 Å². The third-order valence-electron chi connectivity index (χ3n) is 4.98. The summed E-state index contributed by atoms with van der Waals surface area (Å²) in [5, 5.41) is 4.26. The molecule has 2 aliphatic rings. The van der Waals surface area contributed by atoms with E-state index in [1.165, 1.54) is 22.2 Å². The second-order valence-electron chi connectivity index (χ2n) is 6.86. The maximum Gasteiger partial charge on any atom is 0.263 e. The van der Waals surface area contributed by atoms with Gasteiger partial charge in [0.25, 0.3) is 5.56 Å². The SMILES string of the molecule is C=CCn1c(SCC(=O)NC[C@@H]2CCCO2)nc2sc3c(c2c1=O)CCC3. The Labute approximate surface area is 166 Å². The highest BCUT2D eigenvalue weighted by Crippen LogP contribution is 2.35. The first-order valence-electron chi connectivity index (χ1n) is 9.34. The lowest BCUT2D eigenvalue weighted by molar-refractivity contribution is -0.119. The van der Waals surface area contributed by atoms with Crippen molar-refractivity contribution in [2.24, 2.45) is 0 Å². The van der Waals surface area contributed by atoms with Gasteiger partial charge in [0.15, 0.2) is 5.16 Å². The van der Waals surface area contributed by atoms with Crippen LogP contribution in [-0.4, -0.2) is 40.5 Å². The highest BCUT2D eigenvalue weighted by atomic mass is 32.2. The first-order chi connectivity index (χ1) is 13.2. The van der Waals surface area contributed by atoms with Gasteiger partial charge in [0.2, 0.25) is 5.91 Å². The van der Waals surface area contributed by atoms with Crippen LogP contribution in [0.5, 0.6) is 0 Å². The number of thiophene rings is 1. The Morgan fingerprint density at radius 3 is 3.11 bits per heavy atom. The topological polar surface area (TPSA) is 73.2 Å². The molecular formula is C19H23N3O3S2. The summed E-state index contributed by atoms with van der Waals surface area (Å²) < 4.78 is 7.16. The van der Waals surface area contributed by atoms with Gasteiger partial charge >= 0.3 is 0 Å². The lowest BCUT2D eigenvalue weighted by Crippen LogP contribution is -2.33. The number of thioether (sulfide) groups is 1. The number of carbonyl (C=O) groups is 1. The lowest BCUT2D eigenvalue weighted by Gasteiger charge is -2.12. The number of allylic oxidation sites excluding steroid dienone is 1. The van der Waals surface area contributed by atoms with Crippen molar-refractivity contribution in [3.05, 3.63) is 33.4 Å². The molecule has 1 aliphatic heterocycles. The van der Waals surface area contributed by atoms with Gasteiger partial charge in [0, 0.05) is 24.6 Å². The van der Waals surface area contributed by atoms with Gasteiger partial charge in [-0.2, -0.15) is 0 Å². The Morgan fingerprint density at radius 1 is 1.44 bits per heavy atom. The van der Waals surface area contributed by atoms with Crippen LogP contribution in [0.25, 0.3) is 10.2 Å².